The van der Waals surface area contributed by atoms with E-state index in [0.29, 0.717) is 41.9 Å². The van der Waals surface area contributed by atoms with Gasteiger partial charge in [0.05, 0.1) is 16.7 Å². The molecule has 2 saturated heterocycles. The number of likely N-dealkylation sites (tertiary alicyclic amines) is 1. The highest BCUT2D eigenvalue weighted by atomic mass is 35.5. The number of ether oxygens (including phenoxy) is 4. The van der Waals surface area contributed by atoms with Crippen molar-refractivity contribution in [2.24, 2.45) is 5.92 Å². The number of hydrogen-bond donors (Lipinski definition) is 0. The number of benzene rings is 1. The number of nitrogens with zero attached hydrogens (tertiary/aromatic N) is 1. The van der Waals surface area contributed by atoms with E-state index < -0.39 is 24.0 Å². The fourth-order valence-corrected chi connectivity index (χ4v) is 4.36. The highest BCUT2D eigenvalue weighted by Crippen LogP contribution is 2.41. The van der Waals surface area contributed by atoms with Gasteiger partial charge >= 0.3 is 17.8 Å². The predicted octanol–water partition coefficient (Wildman–Crippen LogP) is 4.04. The van der Waals surface area contributed by atoms with Crippen LogP contribution in [0, 0.1) is 5.92 Å². The zero-order valence-electron chi connectivity index (χ0n) is 17.2. The van der Waals surface area contributed by atoms with Crippen LogP contribution in [0.5, 0.6) is 5.75 Å². The Kier molecular flexibility index (Phi) is 7.85. The molecule has 0 unspecified atom stereocenters. The maximum atomic E-state index is 11.9. The molecule has 1 aromatic rings. The highest BCUT2D eigenvalue weighted by Gasteiger charge is 2.62. The first-order valence-corrected chi connectivity index (χ1v) is 11.0. The molecule has 2 atom stereocenters. The van der Waals surface area contributed by atoms with Gasteiger partial charge in [-0.1, -0.05) is 43.0 Å². The molecule has 2 fully saturated rings. The Morgan fingerprint density at radius 3 is 2.53 bits per heavy atom. The minimum atomic E-state index is -1.51. The molecule has 0 aliphatic carbocycles. The largest absolute Gasteiger partial charge is 0.494 e. The predicted molar refractivity (Wildman–Crippen MR) is 111 cm³/mol. The van der Waals surface area contributed by atoms with Crippen LogP contribution < -0.4 is 4.74 Å². The van der Waals surface area contributed by atoms with E-state index in [4.69, 9.17) is 42.1 Å². The standard InChI is InChI=1S/C21H27Cl2NO6/c1-3-4-5-10-24-11-8-14(9-12-28-15-6-7-16(22)17(23)13-15)18(27-2)21(24)29-19(25)20(26)30-21/h6-7,13-14,18H,3-5,8-12H2,1-2H3/t14-,18+/m0/s1. The van der Waals surface area contributed by atoms with E-state index in [9.17, 15) is 9.59 Å². The molecule has 7 nitrogen and oxygen atoms in total. The van der Waals surface area contributed by atoms with Gasteiger partial charge in [-0.3, -0.25) is 0 Å². The van der Waals surface area contributed by atoms with E-state index in [1.165, 1.54) is 7.11 Å². The quantitative estimate of drug-likeness (QED) is 0.313. The first kappa shape index (κ1) is 23.1. The second-order valence-electron chi connectivity index (χ2n) is 7.52. The van der Waals surface area contributed by atoms with Crippen molar-refractivity contribution in [3.05, 3.63) is 28.2 Å². The minimum absolute atomic E-state index is 0.0288. The topological polar surface area (TPSA) is 74.3 Å². The van der Waals surface area contributed by atoms with Crippen LogP contribution in [0.25, 0.3) is 0 Å². The van der Waals surface area contributed by atoms with Crippen LogP contribution in [0.4, 0.5) is 0 Å². The van der Waals surface area contributed by atoms with Crippen molar-refractivity contribution in [1.82, 2.24) is 4.90 Å². The minimum Gasteiger partial charge on any atom is -0.494 e. The summed E-state index contributed by atoms with van der Waals surface area (Å²) >= 11 is 12.0. The molecule has 3 rings (SSSR count). The summed E-state index contributed by atoms with van der Waals surface area (Å²) in [6.45, 7) is 3.79. The van der Waals surface area contributed by atoms with Crippen molar-refractivity contribution >= 4 is 35.1 Å². The third kappa shape index (κ3) is 4.85. The first-order chi connectivity index (χ1) is 14.4. The maximum absolute atomic E-state index is 11.9. The zero-order valence-corrected chi connectivity index (χ0v) is 18.7. The molecule has 1 aromatic carbocycles. The summed E-state index contributed by atoms with van der Waals surface area (Å²) in [6, 6.07) is 5.09. The highest BCUT2D eigenvalue weighted by molar-refractivity contribution is 6.42. The first-order valence-electron chi connectivity index (χ1n) is 10.2. The van der Waals surface area contributed by atoms with Crippen molar-refractivity contribution in [1.29, 1.82) is 0 Å². The molecule has 9 heteroatoms. The molecule has 0 aromatic heterocycles. The fourth-order valence-electron chi connectivity index (χ4n) is 4.07. The van der Waals surface area contributed by atoms with Crippen LogP contribution >= 0.6 is 23.2 Å². The smallest absolute Gasteiger partial charge is 0.422 e. The molecule has 0 saturated carbocycles. The fraction of sp³-hybridized carbons (Fsp3) is 0.619. The Balaban J connectivity index is 1.69. The lowest BCUT2D eigenvalue weighted by Gasteiger charge is -2.48. The monoisotopic (exact) mass is 459 g/mol. The molecule has 2 aliphatic heterocycles. The van der Waals surface area contributed by atoms with Crippen LogP contribution in [0.2, 0.25) is 10.0 Å². The Hall–Kier alpha value is -1.54. The number of unbranched alkanes of at least 4 members (excludes halogenated alkanes) is 2. The van der Waals surface area contributed by atoms with E-state index in [1.54, 1.807) is 18.2 Å². The normalized spacial score (nSPS) is 23.5. The number of rotatable bonds is 9. The summed E-state index contributed by atoms with van der Waals surface area (Å²) < 4.78 is 22.5. The lowest BCUT2D eigenvalue weighted by Crippen LogP contribution is -2.65. The SMILES string of the molecule is CCCCCN1CC[C@@H](CCOc2ccc(Cl)c(Cl)c2)[C@@H](OC)C12OC(=O)C(=O)O2. The van der Waals surface area contributed by atoms with Crippen LogP contribution in [0.15, 0.2) is 18.2 Å². The van der Waals surface area contributed by atoms with Crippen LogP contribution in [0.1, 0.15) is 39.0 Å². The Morgan fingerprint density at radius 2 is 1.90 bits per heavy atom. The van der Waals surface area contributed by atoms with Gasteiger partial charge in [-0.05, 0) is 37.3 Å². The van der Waals surface area contributed by atoms with Gasteiger partial charge < -0.3 is 18.9 Å². The molecule has 166 valence electrons. The summed E-state index contributed by atoms with van der Waals surface area (Å²) in [7, 11) is 1.54. The van der Waals surface area contributed by atoms with Gasteiger partial charge in [0.1, 0.15) is 5.75 Å². The zero-order chi connectivity index (χ0) is 21.7. The summed E-state index contributed by atoms with van der Waals surface area (Å²) in [5.74, 6) is -2.89. The number of hydrogen-bond acceptors (Lipinski definition) is 7. The summed E-state index contributed by atoms with van der Waals surface area (Å²) in [6.07, 6.45) is 3.82. The Labute approximate surface area is 186 Å². The average molecular weight is 460 g/mol. The van der Waals surface area contributed by atoms with Crippen molar-refractivity contribution in [2.45, 2.75) is 51.0 Å². The number of halogens is 2. The molecular weight excluding hydrogens is 433 g/mol. The van der Waals surface area contributed by atoms with E-state index in [1.807, 2.05) is 4.90 Å². The number of carbonyl (C=O) groups is 2. The van der Waals surface area contributed by atoms with Gasteiger partial charge in [0, 0.05) is 26.3 Å². The van der Waals surface area contributed by atoms with E-state index in [-0.39, 0.29) is 5.92 Å². The third-order valence-corrected chi connectivity index (χ3v) is 6.32. The Bertz CT molecular complexity index is 758. The van der Waals surface area contributed by atoms with Gasteiger partial charge in [-0.15, -0.1) is 0 Å². The second-order valence-corrected chi connectivity index (χ2v) is 8.34. The van der Waals surface area contributed by atoms with Crippen LogP contribution in [0.3, 0.4) is 0 Å². The van der Waals surface area contributed by atoms with Crippen molar-refractivity contribution in [3.63, 3.8) is 0 Å². The number of methoxy groups -OCH3 is 1. The summed E-state index contributed by atoms with van der Waals surface area (Å²) in [4.78, 5) is 25.8. The van der Waals surface area contributed by atoms with E-state index in [2.05, 4.69) is 6.92 Å². The van der Waals surface area contributed by atoms with E-state index in [0.717, 1.165) is 25.7 Å². The van der Waals surface area contributed by atoms with Crippen molar-refractivity contribution in [3.8, 4) is 5.75 Å². The molecule has 0 radical (unpaired) electrons. The second kappa shape index (κ2) is 10.2. The third-order valence-electron chi connectivity index (χ3n) is 5.58. The molecule has 0 amide bonds. The maximum Gasteiger partial charge on any atom is 0.422 e. The van der Waals surface area contributed by atoms with E-state index >= 15 is 0 Å². The number of carbonyl (C=O) groups excluding carboxylic acids is 2. The van der Waals surface area contributed by atoms with Gasteiger partial charge in [-0.25, -0.2) is 14.5 Å². The summed E-state index contributed by atoms with van der Waals surface area (Å²) in [5.41, 5.74) is 0. The van der Waals surface area contributed by atoms with Gasteiger partial charge in [0.15, 0.2) is 6.10 Å². The number of piperidine rings is 1. The van der Waals surface area contributed by atoms with Gasteiger partial charge in [0.25, 0.3) is 0 Å². The molecule has 0 N–H and O–H groups in total. The van der Waals surface area contributed by atoms with Gasteiger partial charge in [0.2, 0.25) is 0 Å². The summed E-state index contributed by atoms with van der Waals surface area (Å²) in [5, 5.41) is 0.888. The molecular formula is C21H27Cl2NO6. The molecule has 2 aliphatic rings. The molecule has 2 heterocycles. The van der Waals surface area contributed by atoms with Crippen LogP contribution in [-0.2, 0) is 23.8 Å². The average Bonchev–Trinajstić information content (AvgIpc) is 3.01. The van der Waals surface area contributed by atoms with Crippen molar-refractivity contribution < 1.29 is 28.5 Å². The molecule has 0 bridgehead atoms. The molecule has 1 spiro atoms. The Morgan fingerprint density at radius 1 is 1.17 bits per heavy atom. The lowest BCUT2D eigenvalue weighted by atomic mass is 9.87. The van der Waals surface area contributed by atoms with Gasteiger partial charge in [-0.2, -0.15) is 0 Å². The molecule has 30 heavy (non-hydrogen) atoms. The van der Waals surface area contributed by atoms with Crippen LogP contribution in [-0.4, -0.2) is 55.7 Å². The lowest BCUT2D eigenvalue weighted by molar-refractivity contribution is -0.322. The van der Waals surface area contributed by atoms with Crippen molar-refractivity contribution in [2.75, 3.05) is 26.8 Å². The number of esters is 2.